The third-order valence-electron chi connectivity index (χ3n) is 3.50. The SMILES string of the molecule is CC(C)OC[C@@]12C[C@@H](F)CN1[C@H](C)C2. The van der Waals surface area contributed by atoms with Crippen LogP contribution in [-0.4, -0.2) is 41.9 Å². The molecule has 82 valence electrons. The fourth-order valence-electron chi connectivity index (χ4n) is 2.92. The van der Waals surface area contributed by atoms with Gasteiger partial charge in [-0.1, -0.05) is 0 Å². The molecule has 2 heterocycles. The van der Waals surface area contributed by atoms with E-state index >= 15 is 0 Å². The number of alkyl halides is 1. The number of nitrogens with zero attached hydrogens (tertiary/aromatic N) is 1. The molecule has 0 bridgehead atoms. The monoisotopic (exact) mass is 201 g/mol. The molecule has 0 amide bonds. The van der Waals surface area contributed by atoms with Crippen LogP contribution in [0.3, 0.4) is 0 Å². The van der Waals surface area contributed by atoms with E-state index in [4.69, 9.17) is 4.74 Å². The Hall–Kier alpha value is -0.150. The molecule has 0 aliphatic carbocycles. The van der Waals surface area contributed by atoms with Crippen molar-refractivity contribution in [3.05, 3.63) is 0 Å². The van der Waals surface area contributed by atoms with Crippen molar-refractivity contribution < 1.29 is 9.13 Å². The van der Waals surface area contributed by atoms with Crippen molar-refractivity contribution in [2.45, 2.75) is 57.5 Å². The van der Waals surface area contributed by atoms with Gasteiger partial charge in [-0.2, -0.15) is 0 Å². The predicted molar refractivity (Wildman–Crippen MR) is 54.1 cm³/mol. The molecule has 0 radical (unpaired) electrons. The van der Waals surface area contributed by atoms with Gasteiger partial charge in [0.25, 0.3) is 0 Å². The quantitative estimate of drug-likeness (QED) is 0.692. The second-order valence-corrected chi connectivity index (χ2v) is 5.09. The fourth-order valence-corrected chi connectivity index (χ4v) is 2.92. The summed E-state index contributed by atoms with van der Waals surface area (Å²) in [6.45, 7) is 7.56. The molecule has 0 saturated carbocycles. The van der Waals surface area contributed by atoms with Gasteiger partial charge in [-0.05, 0) is 27.2 Å². The lowest BCUT2D eigenvalue weighted by molar-refractivity contribution is -0.0960. The Bertz CT molecular complexity index is 221. The highest BCUT2D eigenvalue weighted by molar-refractivity contribution is 5.10. The molecule has 3 atom stereocenters. The lowest BCUT2D eigenvalue weighted by Gasteiger charge is -2.53. The van der Waals surface area contributed by atoms with E-state index in [-0.39, 0.29) is 11.6 Å². The highest BCUT2D eigenvalue weighted by Gasteiger charge is 2.56. The average Bonchev–Trinajstić information content (AvgIpc) is 2.35. The van der Waals surface area contributed by atoms with E-state index in [0.717, 1.165) is 6.42 Å². The summed E-state index contributed by atoms with van der Waals surface area (Å²) in [5.74, 6) is 0. The van der Waals surface area contributed by atoms with Gasteiger partial charge < -0.3 is 4.74 Å². The van der Waals surface area contributed by atoms with E-state index in [1.54, 1.807) is 0 Å². The largest absolute Gasteiger partial charge is 0.377 e. The molecule has 0 aromatic rings. The Morgan fingerprint density at radius 2 is 2.21 bits per heavy atom. The average molecular weight is 201 g/mol. The number of hydrogen-bond donors (Lipinski definition) is 0. The van der Waals surface area contributed by atoms with E-state index in [9.17, 15) is 4.39 Å². The van der Waals surface area contributed by atoms with Gasteiger partial charge in [0.05, 0.1) is 12.7 Å². The van der Waals surface area contributed by atoms with Gasteiger partial charge in [0.2, 0.25) is 0 Å². The van der Waals surface area contributed by atoms with Crippen molar-refractivity contribution in [1.82, 2.24) is 4.90 Å². The van der Waals surface area contributed by atoms with Crippen LogP contribution in [0.25, 0.3) is 0 Å². The zero-order valence-electron chi connectivity index (χ0n) is 9.29. The van der Waals surface area contributed by atoms with Crippen LogP contribution in [0.2, 0.25) is 0 Å². The first-order chi connectivity index (χ1) is 6.53. The molecular weight excluding hydrogens is 181 g/mol. The Labute approximate surface area is 85.4 Å². The zero-order valence-corrected chi connectivity index (χ0v) is 9.29. The topological polar surface area (TPSA) is 12.5 Å². The van der Waals surface area contributed by atoms with Crippen molar-refractivity contribution in [3.63, 3.8) is 0 Å². The first kappa shape index (κ1) is 10.4. The van der Waals surface area contributed by atoms with Gasteiger partial charge in [-0.3, -0.25) is 4.90 Å². The van der Waals surface area contributed by atoms with E-state index in [1.165, 1.54) is 0 Å². The molecule has 2 fully saturated rings. The van der Waals surface area contributed by atoms with Gasteiger partial charge in [0.1, 0.15) is 6.17 Å². The summed E-state index contributed by atoms with van der Waals surface area (Å²) < 4.78 is 18.9. The number of hydrogen-bond acceptors (Lipinski definition) is 2. The molecular formula is C11H20FNO. The summed E-state index contributed by atoms with van der Waals surface area (Å²) in [7, 11) is 0. The molecule has 3 heteroatoms. The number of fused-ring (bicyclic) bond motifs is 1. The molecule has 0 aromatic heterocycles. The van der Waals surface area contributed by atoms with Crippen LogP contribution >= 0.6 is 0 Å². The van der Waals surface area contributed by atoms with Crippen LogP contribution < -0.4 is 0 Å². The second kappa shape index (κ2) is 3.46. The van der Waals surface area contributed by atoms with Crippen LogP contribution in [0.15, 0.2) is 0 Å². The molecule has 2 aliphatic rings. The van der Waals surface area contributed by atoms with Gasteiger partial charge in [0.15, 0.2) is 0 Å². The molecule has 0 aromatic carbocycles. The summed E-state index contributed by atoms with van der Waals surface area (Å²) in [5.41, 5.74) is 0.0447. The maximum Gasteiger partial charge on any atom is 0.115 e. The standard InChI is InChI=1S/C11H20FNO/c1-8(2)14-7-11-4-9(3)13(11)6-10(12)5-11/h8-10H,4-7H2,1-3H3/t9-,10-,11-/m1/s1. The third-order valence-corrected chi connectivity index (χ3v) is 3.50. The van der Waals surface area contributed by atoms with Crippen LogP contribution in [0.5, 0.6) is 0 Å². The molecule has 2 saturated heterocycles. The minimum atomic E-state index is -0.643. The molecule has 2 rings (SSSR count). The third kappa shape index (κ3) is 1.57. The van der Waals surface area contributed by atoms with Gasteiger partial charge in [-0.15, -0.1) is 0 Å². The Balaban J connectivity index is 1.95. The van der Waals surface area contributed by atoms with Crippen molar-refractivity contribution in [3.8, 4) is 0 Å². The molecule has 2 aliphatic heterocycles. The minimum absolute atomic E-state index is 0.0447. The Morgan fingerprint density at radius 1 is 1.50 bits per heavy atom. The first-order valence-corrected chi connectivity index (χ1v) is 5.56. The van der Waals surface area contributed by atoms with E-state index in [1.807, 2.05) is 13.8 Å². The normalized spacial score (nSPS) is 42.6. The smallest absolute Gasteiger partial charge is 0.115 e. The second-order valence-electron chi connectivity index (χ2n) is 5.09. The van der Waals surface area contributed by atoms with Crippen LogP contribution in [0, 0.1) is 0 Å². The van der Waals surface area contributed by atoms with Crippen LogP contribution in [0.1, 0.15) is 33.6 Å². The molecule has 14 heavy (non-hydrogen) atoms. The summed E-state index contributed by atoms with van der Waals surface area (Å²) >= 11 is 0. The highest BCUT2D eigenvalue weighted by atomic mass is 19.1. The molecule has 0 N–H and O–H groups in total. The maximum atomic E-state index is 13.3. The van der Waals surface area contributed by atoms with Crippen molar-refractivity contribution in [2.24, 2.45) is 0 Å². The number of halogens is 1. The Kier molecular flexibility index (Phi) is 2.56. The summed E-state index contributed by atoms with van der Waals surface area (Å²) in [5, 5.41) is 0. The maximum absolute atomic E-state index is 13.3. The summed E-state index contributed by atoms with van der Waals surface area (Å²) in [6, 6.07) is 0.548. The molecule has 0 unspecified atom stereocenters. The highest BCUT2D eigenvalue weighted by Crippen LogP contribution is 2.46. The Morgan fingerprint density at radius 3 is 2.79 bits per heavy atom. The van der Waals surface area contributed by atoms with E-state index < -0.39 is 6.17 Å². The lowest BCUT2D eigenvalue weighted by Crippen LogP contribution is -2.63. The van der Waals surface area contributed by atoms with Crippen LogP contribution in [0.4, 0.5) is 4.39 Å². The zero-order chi connectivity index (χ0) is 10.3. The van der Waals surface area contributed by atoms with Crippen molar-refractivity contribution in [1.29, 1.82) is 0 Å². The summed E-state index contributed by atoms with van der Waals surface area (Å²) in [4.78, 5) is 2.28. The fraction of sp³-hybridized carbons (Fsp3) is 1.00. The van der Waals surface area contributed by atoms with Gasteiger partial charge in [-0.25, -0.2) is 4.39 Å². The number of ether oxygens (including phenoxy) is 1. The van der Waals surface area contributed by atoms with E-state index in [0.29, 0.717) is 25.6 Å². The first-order valence-electron chi connectivity index (χ1n) is 5.56. The van der Waals surface area contributed by atoms with Crippen LogP contribution in [-0.2, 0) is 4.74 Å². The number of rotatable bonds is 3. The predicted octanol–water partition coefficient (Wildman–Crippen LogP) is 1.99. The lowest BCUT2D eigenvalue weighted by atomic mass is 9.80. The van der Waals surface area contributed by atoms with E-state index in [2.05, 4.69) is 11.8 Å². The summed E-state index contributed by atoms with van der Waals surface area (Å²) in [6.07, 6.45) is 1.38. The molecule has 0 spiro atoms. The van der Waals surface area contributed by atoms with Gasteiger partial charge >= 0.3 is 0 Å². The van der Waals surface area contributed by atoms with Crippen molar-refractivity contribution >= 4 is 0 Å². The molecule has 2 nitrogen and oxygen atoms in total. The van der Waals surface area contributed by atoms with Crippen molar-refractivity contribution in [2.75, 3.05) is 13.2 Å². The van der Waals surface area contributed by atoms with Gasteiger partial charge in [0, 0.05) is 24.5 Å². The minimum Gasteiger partial charge on any atom is -0.377 e.